The summed E-state index contributed by atoms with van der Waals surface area (Å²) in [6.07, 6.45) is 0.556. The van der Waals surface area contributed by atoms with E-state index in [9.17, 15) is 18.0 Å². The molecule has 33 heavy (non-hydrogen) atoms. The lowest BCUT2D eigenvalue weighted by Gasteiger charge is -2.31. The minimum atomic E-state index is -3.83. The van der Waals surface area contributed by atoms with Crippen LogP contribution >= 0.6 is 11.8 Å². The molecule has 0 aromatic heterocycles. The highest BCUT2D eigenvalue weighted by Crippen LogP contribution is 2.25. The SMILES string of the molecule is CCC(SC1NCC(S(=O)(=O)c2ccc(C(C)C)cc2)C(=O)N1)C(=O)Nc1ccc(C)cc1. The summed E-state index contributed by atoms with van der Waals surface area (Å²) in [6, 6.07) is 14.2. The van der Waals surface area contributed by atoms with E-state index in [1.54, 1.807) is 24.3 Å². The Morgan fingerprint density at radius 2 is 1.76 bits per heavy atom. The van der Waals surface area contributed by atoms with Crippen LogP contribution in [0.15, 0.2) is 53.4 Å². The molecule has 3 N–H and O–H groups in total. The van der Waals surface area contributed by atoms with E-state index in [4.69, 9.17) is 0 Å². The van der Waals surface area contributed by atoms with Crippen LogP contribution in [0.2, 0.25) is 0 Å². The Bertz CT molecular complexity index is 1080. The number of sulfone groups is 1. The number of aryl methyl sites for hydroxylation is 1. The second-order valence-electron chi connectivity index (χ2n) is 8.44. The predicted molar refractivity (Wildman–Crippen MR) is 133 cm³/mol. The van der Waals surface area contributed by atoms with Crippen LogP contribution < -0.4 is 16.0 Å². The van der Waals surface area contributed by atoms with Crippen LogP contribution in [0.5, 0.6) is 0 Å². The number of amides is 2. The molecule has 1 saturated heterocycles. The van der Waals surface area contributed by atoms with Crippen molar-refractivity contribution in [2.75, 3.05) is 11.9 Å². The zero-order valence-electron chi connectivity index (χ0n) is 19.3. The number of rotatable bonds is 8. The fourth-order valence-corrected chi connectivity index (χ4v) is 6.08. The molecular weight excluding hydrogens is 458 g/mol. The van der Waals surface area contributed by atoms with Crippen molar-refractivity contribution in [2.45, 2.75) is 60.9 Å². The van der Waals surface area contributed by atoms with E-state index in [1.807, 2.05) is 52.0 Å². The smallest absolute Gasteiger partial charge is 0.241 e. The molecule has 1 fully saturated rings. The van der Waals surface area contributed by atoms with E-state index in [2.05, 4.69) is 16.0 Å². The molecule has 2 aromatic carbocycles. The van der Waals surface area contributed by atoms with Gasteiger partial charge in [0, 0.05) is 12.2 Å². The van der Waals surface area contributed by atoms with Gasteiger partial charge in [-0.3, -0.25) is 14.9 Å². The fraction of sp³-hybridized carbons (Fsp3) is 0.417. The van der Waals surface area contributed by atoms with Gasteiger partial charge in [-0.1, -0.05) is 50.6 Å². The van der Waals surface area contributed by atoms with Crippen LogP contribution in [0, 0.1) is 6.92 Å². The Balaban J connectivity index is 1.62. The summed E-state index contributed by atoms with van der Waals surface area (Å²) in [5.74, 6) is -0.440. The van der Waals surface area contributed by atoms with E-state index < -0.39 is 31.7 Å². The number of carbonyl (C=O) groups is 2. The molecule has 1 aliphatic heterocycles. The van der Waals surface area contributed by atoms with Crippen LogP contribution in [-0.2, 0) is 19.4 Å². The molecule has 3 atom stereocenters. The van der Waals surface area contributed by atoms with Gasteiger partial charge in [0.2, 0.25) is 11.8 Å². The van der Waals surface area contributed by atoms with Crippen molar-refractivity contribution in [1.82, 2.24) is 10.6 Å². The first-order valence-corrected chi connectivity index (χ1v) is 13.5. The number of nitrogens with one attached hydrogen (secondary N) is 3. The molecule has 1 aliphatic rings. The molecule has 7 nitrogen and oxygen atoms in total. The second-order valence-corrected chi connectivity index (χ2v) is 11.9. The van der Waals surface area contributed by atoms with Crippen LogP contribution in [0.3, 0.4) is 0 Å². The van der Waals surface area contributed by atoms with E-state index in [0.29, 0.717) is 12.1 Å². The molecule has 3 rings (SSSR count). The summed E-state index contributed by atoms with van der Waals surface area (Å²) in [5.41, 5.74) is 2.29. The van der Waals surface area contributed by atoms with Gasteiger partial charge in [0.1, 0.15) is 5.50 Å². The van der Waals surface area contributed by atoms with E-state index in [-0.39, 0.29) is 23.3 Å². The number of anilines is 1. The molecule has 178 valence electrons. The highest BCUT2D eigenvalue weighted by molar-refractivity contribution is 8.01. The molecule has 3 unspecified atom stereocenters. The topological polar surface area (TPSA) is 104 Å². The van der Waals surface area contributed by atoms with Gasteiger partial charge in [-0.25, -0.2) is 8.42 Å². The summed E-state index contributed by atoms with van der Waals surface area (Å²) in [6.45, 7) is 7.91. The third-order valence-corrected chi connectivity index (χ3v) is 9.08. The lowest BCUT2D eigenvalue weighted by Crippen LogP contribution is -2.60. The van der Waals surface area contributed by atoms with E-state index in [1.165, 1.54) is 11.8 Å². The van der Waals surface area contributed by atoms with Gasteiger partial charge in [0.05, 0.1) is 10.1 Å². The molecule has 0 spiro atoms. The summed E-state index contributed by atoms with van der Waals surface area (Å²) < 4.78 is 26.1. The Hall–Kier alpha value is -2.36. The maximum absolute atomic E-state index is 13.0. The van der Waals surface area contributed by atoms with Crippen LogP contribution in [0.25, 0.3) is 0 Å². The van der Waals surface area contributed by atoms with Crippen molar-refractivity contribution >= 4 is 39.1 Å². The fourth-order valence-electron chi connectivity index (χ4n) is 3.49. The summed E-state index contributed by atoms with van der Waals surface area (Å²) in [4.78, 5) is 25.5. The minimum absolute atomic E-state index is 0.0201. The molecule has 1 heterocycles. The van der Waals surface area contributed by atoms with Crippen molar-refractivity contribution in [3.63, 3.8) is 0 Å². The maximum Gasteiger partial charge on any atom is 0.241 e. The summed E-state index contributed by atoms with van der Waals surface area (Å²) >= 11 is 1.26. The standard InChI is InChI=1S/C24H31N3O4S2/c1-5-20(22(28)26-18-10-6-16(4)7-11-18)32-24-25-14-21(23(29)27-24)33(30,31)19-12-8-17(9-13-19)15(2)3/h6-13,15,20-21,24-25H,5,14H2,1-4H3,(H,26,28)(H,27,29). The number of thioether (sulfide) groups is 1. The average molecular weight is 490 g/mol. The highest BCUT2D eigenvalue weighted by atomic mass is 32.2. The normalized spacial score (nSPS) is 19.7. The second kappa shape index (κ2) is 10.7. The van der Waals surface area contributed by atoms with Gasteiger partial charge in [-0.2, -0.15) is 0 Å². The number of hydrogen-bond acceptors (Lipinski definition) is 6. The highest BCUT2D eigenvalue weighted by Gasteiger charge is 2.39. The number of benzene rings is 2. The third-order valence-electron chi connectivity index (χ3n) is 5.59. The molecule has 2 aromatic rings. The quantitative estimate of drug-likeness (QED) is 0.525. The van der Waals surface area contributed by atoms with Crippen LogP contribution in [0.1, 0.15) is 44.2 Å². The zero-order chi connectivity index (χ0) is 24.2. The third kappa shape index (κ3) is 6.16. The van der Waals surface area contributed by atoms with Crippen molar-refractivity contribution in [2.24, 2.45) is 0 Å². The van der Waals surface area contributed by atoms with Crippen LogP contribution in [0.4, 0.5) is 5.69 Å². The molecule has 0 saturated carbocycles. The molecule has 0 bridgehead atoms. The molecule has 2 amide bonds. The van der Waals surface area contributed by atoms with Crippen LogP contribution in [-0.4, -0.2) is 42.8 Å². The van der Waals surface area contributed by atoms with Crippen molar-refractivity contribution in [1.29, 1.82) is 0 Å². The van der Waals surface area contributed by atoms with Gasteiger partial charge in [-0.05, 0) is 49.1 Å². The van der Waals surface area contributed by atoms with Gasteiger partial charge in [-0.15, -0.1) is 11.8 Å². The van der Waals surface area contributed by atoms with E-state index >= 15 is 0 Å². The Labute approximate surface area is 200 Å². The largest absolute Gasteiger partial charge is 0.331 e. The van der Waals surface area contributed by atoms with Gasteiger partial charge in [0.15, 0.2) is 15.1 Å². The lowest BCUT2D eigenvalue weighted by atomic mass is 10.0. The van der Waals surface area contributed by atoms with Crippen molar-refractivity contribution < 1.29 is 18.0 Å². The lowest BCUT2D eigenvalue weighted by molar-refractivity contribution is -0.122. The molecule has 0 aliphatic carbocycles. The van der Waals surface area contributed by atoms with Gasteiger partial charge < -0.3 is 10.6 Å². The number of hydrogen-bond donors (Lipinski definition) is 3. The zero-order valence-corrected chi connectivity index (χ0v) is 20.9. The molecule has 0 radical (unpaired) electrons. The van der Waals surface area contributed by atoms with Gasteiger partial charge in [0.25, 0.3) is 0 Å². The maximum atomic E-state index is 13.0. The van der Waals surface area contributed by atoms with E-state index in [0.717, 1.165) is 11.1 Å². The Morgan fingerprint density at radius 1 is 1.12 bits per heavy atom. The molecular formula is C24H31N3O4S2. The first-order chi connectivity index (χ1) is 15.6. The predicted octanol–water partition coefficient (Wildman–Crippen LogP) is 3.41. The summed E-state index contributed by atoms with van der Waals surface area (Å²) in [7, 11) is -3.83. The molecule has 9 heteroatoms. The van der Waals surface area contributed by atoms with Gasteiger partial charge >= 0.3 is 0 Å². The summed E-state index contributed by atoms with van der Waals surface area (Å²) in [5, 5.41) is 7.04. The average Bonchev–Trinajstić information content (AvgIpc) is 2.78. The first kappa shape index (κ1) is 25.3. The Morgan fingerprint density at radius 3 is 2.30 bits per heavy atom. The monoisotopic (exact) mass is 489 g/mol. The number of carbonyl (C=O) groups excluding carboxylic acids is 2. The first-order valence-electron chi connectivity index (χ1n) is 11.0. The minimum Gasteiger partial charge on any atom is -0.331 e. The van der Waals surface area contributed by atoms with Crippen molar-refractivity contribution in [3.8, 4) is 0 Å². The Kier molecular flexibility index (Phi) is 8.20. The van der Waals surface area contributed by atoms with Crippen molar-refractivity contribution in [3.05, 3.63) is 59.7 Å².